The largest absolute Gasteiger partial charge is 0.478 e. The van der Waals surface area contributed by atoms with Crippen molar-refractivity contribution in [3.05, 3.63) is 76.0 Å². The lowest BCUT2D eigenvalue weighted by atomic mass is 10.0. The minimum atomic E-state index is -5.04. The van der Waals surface area contributed by atoms with Crippen LogP contribution >= 0.6 is 0 Å². The lowest BCUT2D eigenvalue weighted by molar-refractivity contribution is -0.143. The van der Waals surface area contributed by atoms with Gasteiger partial charge in [0, 0.05) is 29.2 Å². The van der Waals surface area contributed by atoms with Crippen LogP contribution in [0.5, 0.6) is 0 Å². The number of nitrogens with zero attached hydrogens (tertiary/aromatic N) is 2. The average molecular weight is 510 g/mol. The summed E-state index contributed by atoms with van der Waals surface area (Å²) in [4.78, 5) is 23.8. The molecule has 1 N–H and O–H groups in total. The number of aromatic nitrogens is 1. The maximum absolute atomic E-state index is 13.3. The molecule has 36 heavy (non-hydrogen) atoms. The first-order valence-electron chi connectivity index (χ1n) is 10.2. The monoisotopic (exact) mass is 510 g/mol. The summed E-state index contributed by atoms with van der Waals surface area (Å²) < 4.78 is 85.7. The van der Waals surface area contributed by atoms with Gasteiger partial charge in [0.15, 0.2) is 0 Å². The summed E-state index contributed by atoms with van der Waals surface area (Å²) in [7, 11) is 0. The number of carbonyl (C=O) groups is 2. The van der Waals surface area contributed by atoms with E-state index in [0.717, 1.165) is 6.08 Å². The average Bonchev–Trinajstić information content (AvgIpc) is 3.13. The maximum atomic E-state index is 13.3. The maximum Gasteiger partial charge on any atom is 0.416 e. The Kier molecular flexibility index (Phi) is 7.15. The highest BCUT2D eigenvalue weighted by atomic mass is 19.4. The van der Waals surface area contributed by atoms with E-state index < -0.39 is 47.5 Å². The summed E-state index contributed by atoms with van der Waals surface area (Å²) in [5.41, 5.74) is -3.89. The highest BCUT2D eigenvalue weighted by molar-refractivity contribution is 6.08. The summed E-state index contributed by atoms with van der Waals surface area (Å²) in [6, 6.07) is 6.76. The van der Waals surface area contributed by atoms with Crippen LogP contribution in [0, 0.1) is 11.3 Å². The summed E-state index contributed by atoms with van der Waals surface area (Å²) in [5.74, 6) is -2.36. The van der Waals surface area contributed by atoms with E-state index in [2.05, 4.69) is 0 Å². The Balaban J connectivity index is 2.24. The number of halogens is 6. The van der Waals surface area contributed by atoms with Crippen LogP contribution in [0.25, 0.3) is 17.0 Å². The smallest absolute Gasteiger partial charge is 0.416 e. The lowest BCUT2D eigenvalue weighted by Gasteiger charge is -2.15. The van der Waals surface area contributed by atoms with Crippen LogP contribution in [0.3, 0.4) is 0 Å². The normalized spacial score (nSPS) is 12.4. The number of benzene rings is 2. The van der Waals surface area contributed by atoms with Gasteiger partial charge in [-0.25, -0.2) is 9.59 Å². The Bertz CT molecular complexity index is 1380. The fraction of sp³-hybridized carbons (Fsp3) is 0.208. The first kappa shape index (κ1) is 26.3. The number of nitriles is 1. The Hall–Kier alpha value is -4.27. The molecule has 3 rings (SSSR count). The van der Waals surface area contributed by atoms with Crippen molar-refractivity contribution < 1.29 is 45.8 Å². The fourth-order valence-corrected chi connectivity index (χ4v) is 3.61. The molecule has 0 saturated heterocycles. The third-order valence-corrected chi connectivity index (χ3v) is 5.08. The van der Waals surface area contributed by atoms with Gasteiger partial charge in [0.05, 0.1) is 23.3 Å². The third-order valence-electron chi connectivity index (χ3n) is 5.08. The van der Waals surface area contributed by atoms with Gasteiger partial charge >= 0.3 is 24.3 Å². The quantitative estimate of drug-likeness (QED) is 0.193. The van der Waals surface area contributed by atoms with E-state index in [9.17, 15) is 46.3 Å². The molecule has 188 valence electrons. The number of hydrogen-bond acceptors (Lipinski definition) is 4. The molecule has 0 fully saturated rings. The van der Waals surface area contributed by atoms with Crippen LogP contribution in [-0.2, 0) is 28.4 Å². The number of rotatable bonds is 6. The van der Waals surface area contributed by atoms with Gasteiger partial charge in [-0.3, -0.25) is 0 Å². The molecule has 0 spiro atoms. The molecule has 0 bridgehead atoms. The molecule has 0 saturated carbocycles. The molecule has 2 aromatic carbocycles. The molecular weight excluding hydrogens is 494 g/mol. The van der Waals surface area contributed by atoms with Crippen molar-refractivity contribution in [3.8, 4) is 6.07 Å². The number of carboxylic acids is 1. The third kappa shape index (κ3) is 5.51. The zero-order valence-corrected chi connectivity index (χ0v) is 18.4. The predicted molar refractivity (Wildman–Crippen MR) is 115 cm³/mol. The first-order valence-corrected chi connectivity index (χ1v) is 10.2. The zero-order valence-electron chi connectivity index (χ0n) is 18.4. The van der Waals surface area contributed by atoms with Crippen LogP contribution in [0.1, 0.15) is 39.5 Å². The van der Waals surface area contributed by atoms with Crippen LogP contribution < -0.4 is 0 Å². The van der Waals surface area contributed by atoms with Gasteiger partial charge in [-0.2, -0.15) is 31.6 Å². The predicted octanol–water partition coefficient (Wildman–Crippen LogP) is 5.90. The summed E-state index contributed by atoms with van der Waals surface area (Å²) in [6.45, 7) is 0.963. The number of ether oxygens (including phenoxy) is 1. The van der Waals surface area contributed by atoms with Gasteiger partial charge in [0.2, 0.25) is 0 Å². The van der Waals surface area contributed by atoms with Crippen molar-refractivity contribution >= 4 is 28.9 Å². The topological polar surface area (TPSA) is 92.3 Å². The number of carboxylic acid groups (broad SMARTS) is 1. The van der Waals surface area contributed by atoms with E-state index >= 15 is 0 Å². The van der Waals surface area contributed by atoms with Crippen molar-refractivity contribution in [3.63, 3.8) is 0 Å². The standard InChI is InChI=1S/C24H16F6N2O4/c1-2-36-22(35)14(10-31)8-15-12-32(19-5-3-4-18(20(15)19)21(33)34)11-13-6-16(23(25,26)27)9-17(7-13)24(28,29)30/h3-9,12H,2,11H2,1H3,(H,33,34). The number of hydrogen-bond donors (Lipinski definition) is 1. The Morgan fingerprint density at radius 2 is 1.69 bits per heavy atom. The highest BCUT2D eigenvalue weighted by Gasteiger charge is 2.37. The van der Waals surface area contributed by atoms with Gasteiger partial charge < -0.3 is 14.4 Å². The van der Waals surface area contributed by atoms with Crippen molar-refractivity contribution in [1.29, 1.82) is 5.26 Å². The van der Waals surface area contributed by atoms with E-state index in [0.29, 0.717) is 12.1 Å². The summed E-state index contributed by atoms with van der Waals surface area (Å²) >= 11 is 0. The minimum Gasteiger partial charge on any atom is -0.478 e. The SMILES string of the molecule is CCOC(=O)C(C#N)=Cc1cn(Cc2cc(C(F)(F)F)cc(C(F)(F)F)c2)c2cccc(C(=O)O)c12. The Morgan fingerprint density at radius 1 is 1.08 bits per heavy atom. The van der Waals surface area contributed by atoms with Gasteiger partial charge in [-0.1, -0.05) is 6.07 Å². The molecule has 12 heteroatoms. The van der Waals surface area contributed by atoms with E-state index in [1.165, 1.54) is 35.9 Å². The van der Waals surface area contributed by atoms with Crippen LogP contribution in [-0.4, -0.2) is 28.2 Å². The van der Waals surface area contributed by atoms with E-state index in [-0.39, 0.29) is 40.3 Å². The summed E-state index contributed by atoms with van der Waals surface area (Å²) in [5, 5.41) is 19.0. The fourth-order valence-electron chi connectivity index (χ4n) is 3.61. The van der Waals surface area contributed by atoms with Gasteiger partial charge in [0.25, 0.3) is 0 Å². The molecule has 1 aromatic heterocycles. The van der Waals surface area contributed by atoms with Crippen molar-refractivity contribution in [2.24, 2.45) is 0 Å². The molecule has 3 aromatic rings. The second-order valence-electron chi connectivity index (χ2n) is 7.52. The summed E-state index contributed by atoms with van der Waals surface area (Å²) in [6.07, 6.45) is -7.79. The molecule has 0 aliphatic carbocycles. The van der Waals surface area contributed by atoms with Crippen molar-refractivity contribution in [1.82, 2.24) is 4.57 Å². The van der Waals surface area contributed by atoms with Crippen LogP contribution in [0.15, 0.2) is 48.2 Å². The highest BCUT2D eigenvalue weighted by Crippen LogP contribution is 2.37. The number of carbonyl (C=O) groups excluding carboxylic acids is 1. The second kappa shape index (κ2) is 9.77. The number of fused-ring (bicyclic) bond motifs is 1. The molecular formula is C24H16F6N2O4. The first-order chi connectivity index (χ1) is 16.8. The molecule has 0 aliphatic heterocycles. The molecule has 0 aliphatic rings. The van der Waals surface area contributed by atoms with Crippen molar-refractivity contribution in [2.45, 2.75) is 25.8 Å². The molecule has 0 amide bonds. The van der Waals surface area contributed by atoms with Gasteiger partial charge in [-0.05, 0) is 48.9 Å². The molecule has 1 heterocycles. The number of alkyl halides is 6. The van der Waals surface area contributed by atoms with E-state index in [1.807, 2.05) is 0 Å². The molecule has 6 nitrogen and oxygen atoms in total. The number of aromatic carboxylic acids is 1. The van der Waals surface area contributed by atoms with E-state index in [4.69, 9.17) is 4.74 Å². The Labute approximate surface area is 199 Å². The van der Waals surface area contributed by atoms with Crippen molar-refractivity contribution in [2.75, 3.05) is 6.61 Å². The second-order valence-corrected chi connectivity index (χ2v) is 7.52. The van der Waals surface area contributed by atoms with E-state index in [1.54, 1.807) is 6.07 Å². The minimum absolute atomic E-state index is 0.00645. The molecule has 0 radical (unpaired) electrons. The number of esters is 1. The molecule has 0 atom stereocenters. The van der Waals surface area contributed by atoms with Gasteiger partial charge in [0.1, 0.15) is 11.6 Å². The lowest BCUT2D eigenvalue weighted by Crippen LogP contribution is -2.12. The Morgan fingerprint density at radius 3 is 2.19 bits per heavy atom. The van der Waals surface area contributed by atoms with Crippen LogP contribution in [0.2, 0.25) is 0 Å². The van der Waals surface area contributed by atoms with Crippen LogP contribution in [0.4, 0.5) is 26.3 Å². The zero-order chi connectivity index (χ0) is 26.8. The van der Waals surface area contributed by atoms with Gasteiger partial charge in [-0.15, -0.1) is 0 Å². The molecule has 0 unspecified atom stereocenters.